The fraction of sp³-hybridized carbons (Fsp3) is 0.312. The molecule has 8 heteroatoms. The summed E-state index contributed by atoms with van der Waals surface area (Å²) < 4.78 is 20.1. The number of hydrogen-bond donors (Lipinski definition) is 1. The second-order valence-electron chi connectivity index (χ2n) is 5.23. The maximum atomic E-state index is 14.0. The van der Waals surface area contributed by atoms with Gasteiger partial charge in [-0.1, -0.05) is 15.9 Å². The van der Waals surface area contributed by atoms with E-state index >= 15 is 0 Å². The van der Waals surface area contributed by atoms with Gasteiger partial charge in [0.25, 0.3) is 0 Å². The van der Waals surface area contributed by atoms with Crippen LogP contribution in [0.1, 0.15) is 11.4 Å². The Morgan fingerprint density at radius 3 is 2.96 bits per heavy atom. The van der Waals surface area contributed by atoms with E-state index in [-0.39, 0.29) is 18.1 Å². The standard InChI is InChI=1S/C16H16BrFN4O2/c17-12-1-2-14(23)11(7-12)8-19-10-15-20-9-13(18)16(21-15)22-3-5-24-6-4-22/h1-2,7-9,23H,3-6,10H2. The molecule has 0 saturated carbocycles. The third-order valence-corrected chi connectivity index (χ3v) is 4.03. The van der Waals surface area contributed by atoms with Crippen LogP contribution >= 0.6 is 15.9 Å². The van der Waals surface area contributed by atoms with Crippen LogP contribution in [0.4, 0.5) is 10.2 Å². The van der Waals surface area contributed by atoms with E-state index in [1.54, 1.807) is 24.4 Å². The van der Waals surface area contributed by atoms with Crippen molar-refractivity contribution in [2.75, 3.05) is 31.2 Å². The van der Waals surface area contributed by atoms with E-state index in [0.717, 1.165) is 4.47 Å². The molecule has 0 unspecified atom stereocenters. The van der Waals surface area contributed by atoms with E-state index in [0.29, 0.717) is 37.7 Å². The molecule has 1 aliphatic heterocycles. The number of morpholine rings is 1. The molecule has 0 atom stereocenters. The van der Waals surface area contributed by atoms with E-state index in [2.05, 4.69) is 30.9 Å². The van der Waals surface area contributed by atoms with Crippen molar-refractivity contribution in [1.82, 2.24) is 9.97 Å². The summed E-state index contributed by atoms with van der Waals surface area (Å²) in [4.78, 5) is 14.3. The Kier molecular flexibility index (Phi) is 5.37. The largest absolute Gasteiger partial charge is 0.507 e. The smallest absolute Gasteiger partial charge is 0.183 e. The third-order valence-electron chi connectivity index (χ3n) is 3.54. The van der Waals surface area contributed by atoms with Gasteiger partial charge in [-0.05, 0) is 18.2 Å². The highest BCUT2D eigenvalue weighted by atomic mass is 79.9. The molecule has 126 valence electrons. The SMILES string of the molecule is Oc1ccc(Br)cc1C=NCc1ncc(F)c(N2CCOCC2)n1. The minimum absolute atomic E-state index is 0.135. The Balaban J connectivity index is 1.73. The molecule has 0 spiro atoms. The number of hydrogen-bond acceptors (Lipinski definition) is 6. The predicted octanol–water partition coefficient (Wildman–Crippen LogP) is 2.54. The molecule has 1 N–H and O–H groups in total. The molecule has 0 radical (unpaired) electrons. The number of benzene rings is 1. The van der Waals surface area contributed by atoms with Crippen molar-refractivity contribution < 1.29 is 14.2 Å². The summed E-state index contributed by atoms with van der Waals surface area (Å²) >= 11 is 3.34. The Morgan fingerprint density at radius 1 is 1.38 bits per heavy atom. The summed E-state index contributed by atoms with van der Waals surface area (Å²) in [6, 6.07) is 5.07. The van der Waals surface area contributed by atoms with Crippen molar-refractivity contribution in [3.05, 3.63) is 46.1 Å². The first kappa shape index (κ1) is 16.8. The lowest BCUT2D eigenvalue weighted by Crippen LogP contribution is -2.37. The summed E-state index contributed by atoms with van der Waals surface area (Å²) in [5.74, 6) is 0.387. The molecule has 0 aliphatic carbocycles. The minimum Gasteiger partial charge on any atom is -0.507 e. The fourth-order valence-corrected chi connectivity index (χ4v) is 2.70. The predicted molar refractivity (Wildman–Crippen MR) is 92.1 cm³/mol. The van der Waals surface area contributed by atoms with Crippen molar-refractivity contribution >= 4 is 28.0 Å². The maximum Gasteiger partial charge on any atom is 0.183 e. The number of aromatic nitrogens is 2. The van der Waals surface area contributed by atoms with Gasteiger partial charge in [0.1, 0.15) is 5.75 Å². The minimum atomic E-state index is -0.450. The molecule has 0 bridgehead atoms. The first-order chi connectivity index (χ1) is 11.6. The van der Waals surface area contributed by atoms with Gasteiger partial charge in [0.05, 0.1) is 26.0 Å². The van der Waals surface area contributed by atoms with Crippen LogP contribution in [0, 0.1) is 5.82 Å². The Bertz CT molecular complexity index is 751. The molecule has 1 aromatic heterocycles. The number of rotatable bonds is 4. The molecule has 1 aliphatic rings. The van der Waals surface area contributed by atoms with Gasteiger partial charge in [-0.2, -0.15) is 0 Å². The van der Waals surface area contributed by atoms with E-state index < -0.39 is 5.82 Å². The summed E-state index contributed by atoms with van der Waals surface area (Å²) in [6.07, 6.45) is 2.71. The zero-order chi connectivity index (χ0) is 16.9. The van der Waals surface area contributed by atoms with Crippen LogP contribution < -0.4 is 4.90 Å². The lowest BCUT2D eigenvalue weighted by atomic mass is 10.2. The van der Waals surface area contributed by atoms with E-state index in [1.165, 1.54) is 6.20 Å². The lowest BCUT2D eigenvalue weighted by molar-refractivity contribution is 0.122. The van der Waals surface area contributed by atoms with Crippen LogP contribution in [0.25, 0.3) is 0 Å². The quantitative estimate of drug-likeness (QED) is 0.806. The highest BCUT2D eigenvalue weighted by Gasteiger charge is 2.17. The van der Waals surface area contributed by atoms with Gasteiger partial charge in [-0.3, -0.25) is 4.99 Å². The number of aliphatic imine (C=N–C) groups is 1. The molecule has 3 rings (SSSR count). The molecule has 1 fully saturated rings. The zero-order valence-electron chi connectivity index (χ0n) is 12.8. The van der Waals surface area contributed by atoms with Crippen LogP contribution in [0.15, 0.2) is 33.9 Å². The molecular formula is C16H16BrFN4O2. The number of anilines is 1. The summed E-state index contributed by atoms with van der Waals surface area (Å²) in [5, 5.41) is 9.77. The normalized spacial score (nSPS) is 15.2. The average Bonchev–Trinajstić information content (AvgIpc) is 2.60. The second-order valence-corrected chi connectivity index (χ2v) is 6.15. The molecule has 1 aromatic carbocycles. The summed E-state index contributed by atoms with van der Waals surface area (Å²) in [7, 11) is 0. The number of ether oxygens (including phenoxy) is 1. The van der Waals surface area contributed by atoms with Gasteiger partial charge >= 0.3 is 0 Å². The Labute approximate surface area is 147 Å². The zero-order valence-corrected chi connectivity index (χ0v) is 14.4. The highest BCUT2D eigenvalue weighted by Crippen LogP contribution is 2.20. The number of aromatic hydroxyl groups is 1. The maximum absolute atomic E-state index is 14.0. The van der Waals surface area contributed by atoms with Crippen molar-refractivity contribution in [1.29, 1.82) is 0 Å². The molecule has 24 heavy (non-hydrogen) atoms. The molecule has 0 amide bonds. The number of nitrogens with zero attached hydrogens (tertiary/aromatic N) is 4. The fourth-order valence-electron chi connectivity index (χ4n) is 2.32. The Morgan fingerprint density at radius 2 is 2.17 bits per heavy atom. The van der Waals surface area contributed by atoms with Gasteiger partial charge < -0.3 is 14.7 Å². The first-order valence-electron chi connectivity index (χ1n) is 7.46. The van der Waals surface area contributed by atoms with Crippen LogP contribution in [0.3, 0.4) is 0 Å². The summed E-state index contributed by atoms with van der Waals surface area (Å²) in [5.41, 5.74) is 0.583. The molecule has 1 saturated heterocycles. The van der Waals surface area contributed by atoms with Gasteiger partial charge in [0.2, 0.25) is 0 Å². The number of halogens is 2. The lowest BCUT2D eigenvalue weighted by Gasteiger charge is -2.28. The van der Waals surface area contributed by atoms with Crippen LogP contribution in [0.2, 0.25) is 0 Å². The van der Waals surface area contributed by atoms with Crippen LogP contribution in [0.5, 0.6) is 5.75 Å². The molecule has 2 aromatic rings. The van der Waals surface area contributed by atoms with Crippen molar-refractivity contribution in [2.45, 2.75) is 6.54 Å². The average molecular weight is 395 g/mol. The van der Waals surface area contributed by atoms with E-state index in [9.17, 15) is 9.50 Å². The Hall–Kier alpha value is -2.06. The van der Waals surface area contributed by atoms with Gasteiger partial charge in [0.15, 0.2) is 17.5 Å². The van der Waals surface area contributed by atoms with Gasteiger partial charge in [0, 0.05) is 29.3 Å². The van der Waals surface area contributed by atoms with Gasteiger partial charge in [-0.25, -0.2) is 14.4 Å². The van der Waals surface area contributed by atoms with E-state index in [4.69, 9.17) is 4.74 Å². The van der Waals surface area contributed by atoms with Crippen molar-refractivity contribution in [3.63, 3.8) is 0 Å². The van der Waals surface area contributed by atoms with E-state index in [1.807, 2.05) is 4.90 Å². The van der Waals surface area contributed by atoms with Gasteiger partial charge in [-0.15, -0.1) is 0 Å². The van der Waals surface area contributed by atoms with Crippen LogP contribution in [-0.4, -0.2) is 47.6 Å². The molecular weight excluding hydrogens is 379 g/mol. The van der Waals surface area contributed by atoms with Crippen molar-refractivity contribution in [3.8, 4) is 5.75 Å². The monoisotopic (exact) mass is 394 g/mol. The topological polar surface area (TPSA) is 70.8 Å². The second kappa shape index (κ2) is 7.67. The number of phenolic OH excluding ortho intramolecular Hbond substituents is 1. The molecule has 2 heterocycles. The first-order valence-corrected chi connectivity index (χ1v) is 8.25. The highest BCUT2D eigenvalue weighted by molar-refractivity contribution is 9.10. The van der Waals surface area contributed by atoms with Crippen molar-refractivity contribution in [2.24, 2.45) is 4.99 Å². The summed E-state index contributed by atoms with van der Waals surface area (Å²) in [6.45, 7) is 2.51. The third kappa shape index (κ3) is 4.07. The van der Waals surface area contributed by atoms with Crippen LogP contribution in [-0.2, 0) is 11.3 Å². The molecule has 6 nitrogen and oxygen atoms in total. The number of phenols is 1.